The van der Waals surface area contributed by atoms with Crippen LogP contribution < -0.4 is 5.32 Å². The largest absolute Gasteiger partial charge is 0.378 e. The highest BCUT2D eigenvalue weighted by molar-refractivity contribution is 14.0. The molecular formula is C22H37IN4O. The molecule has 3 rings (SSSR count). The van der Waals surface area contributed by atoms with Gasteiger partial charge in [-0.05, 0) is 51.2 Å². The Kier molecular flexibility index (Phi) is 10.0. The maximum absolute atomic E-state index is 5.78. The summed E-state index contributed by atoms with van der Waals surface area (Å²) in [5, 5.41) is 3.49. The molecule has 1 aromatic rings. The molecule has 0 saturated carbocycles. The van der Waals surface area contributed by atoms with Gasteiger partial charge in [0.1, 0.15) is 0 Å². The number of aliphatic imine (C=N–C) groups is 1. The van der Waals surface area contributed by atoms with Crippen LogP contribution in [0.1, 0.15) is 44.7 Å². The van der Waals surface area contributed by atoms with E-state index in [0.717, 1.165) is 71.1 Å². The molecule has 0 aromatic heterocycles. The first-order valence-corrected chi connectivity index (χ1v) is 10.7. The van der Waals surface area contributed by atoms with E-state index in [1.54, 1.807) is 0 Å². The van der Waals surface area contributed by atoms with Gasteiger partial charge in [-0.3, -0.25) is 9.89 Å². The summed E-state index contributed by atoms with van der Waals surface area (Å²) in [5.74, 6) is 1.07. The Morgan fingerprint density at radius 3 is 2.57 bits per heavy atom. The molecule has 5 nitrogen and oxygen atoms in total. The van der Waals surface area contributed by atoms with E-state index in [9.17, 15) is 0 Å². The Labute approximate surface area is 187 Å². The highest BCUT2D eigenvalue weighted by atomic mass is 127. The molecule has 0 spiro atoms. The van der Waals surface area contributed by atoms with Gasteiger partial charge in [-0.25, -0.2) is 0 Å². The number of fused-ring (bicyclic) bond motifs is 1. The third kappa shape index (κ3) is 6.32. The second kappa shape index (κ2) is 12.0. The summed E-state index contributed by atoms with van der Waals surface area (Å²) in [7, 11) is 0. The van der Waals surface area contributed by atoms with Crippen molar-refractivity contribution in [3.05, 3.63) is 35.4 Å². The molecule has 1 unspecified atom stereocenters. The van der Waals surface area contributed by atoms with E-state index in [1.165, 1.54) is 11.1 Å². The lowest BCUT2D eigenvalue weighted by Gasteiger charge is -2.35. The zero-order valence-electron chi connectivity index (χ0n) is 17.7. The van der Waals surface area contributed by atoms with Gasteiger partial charge in [-0.2, -0.15) is 0 Å². The van der Waals surface area contributed by atoms with Crippen molar-refractivity contribution in [2.45, 2.75) is 58.7 Å². The van der Waals surface area contributed by atoms with E-state index in [0.29, 0.717) is 12.1 Å². The van der Waals surface area contributed by atoms with Gasteiger partial charge in [0.15, 0.2) is 5.96 Å². The van der Waals surface area contributed by atoms with E-state index < -0.39 is 0 Å². The van der Waals surface area contributed by atoms with Gasteiger partial charge >= 0.3 is 0 Å². The summed E-state index contributed by atoms with van der Waals surface area (Å²) >= 11 is 0. The SMILES string of the molecule is CCNC(=NCC(C)N1CCc2ccccc2C1)N1CCC(OCC)CC1.I. The number of nitrogens with zero attached hydrogens (tertiary/aromatic N) is 3. The molecule has 1 N–H and O–H groups in total. The molecule has 1 atom stereocenters. The smallest absolute Gasteiger partial charge is 0.193 e. The molecule has 28 heavy (non-hydrogen) atoms. The molecule has 6 heteroatoms. The van der Waals surface area contributed by atoms with Crippen LogP contribution in [0, 0.1) is 0 Å². The van der Waals surface area contributed by atoms with E-state index in [-0.39, 0.29) is 24.0 Å². The normalized spacial score (nSPS) is 19.7. The zero-order valence-corrected chi connectivity index (χ0v) is 20.0. The van der Waals surface area contributed by atoms with Gasteiger partial charge in [-0.15, -0.1) is 24.0 Å². The molecule has 0 amide bonds. The van der Waals surface area contributed by atoms with Crippen molar-refractivity contribution in [1.82, 2.24) is 15.1 Å². The fourth-order valence-corrected chi connectivity index (χ4v) is 4.12. The van der Waals surface area contributed by atoms with Crippen molar-refractivity contribution in [1.29, 1.82) is 0 Å². The maximum atomic E-state index is 5.78. The Morgan fingerprint density at radius 1 is 1.18 bits per heavy atom. The minimum atomic E-state index is 0. The first-order chi connectivity index (χ1) is 13.2. The number of ether oxygens (including phenoxy) is 1. The topological polar surface area (TPSA) is 40.1 Å². The Morgan fingerprint density at radius 2 is 1.89 bits per heavy atom. The van der Waals surface area contributed by atoms with Crippen LogP contribution in [0.4, 0.5) is 0 Å². The van der Waals surface area contributed by atoms with Crippen LogP contribution in [-0.4, -0.2) is 67.2 Å². The monoisotopic (exact) mass is 500 g/mol. The van der Waals surface area contributed by atoms with Gasteiger partial charge in [0.25, 0.3) is 0 Å². The first kappa shape index (κ1) is 23.4. The number of hydrogen-bond donors (Lipinski definition) is 1. The number of piperidine rings is 1. The lowest BCUT2D eigenvalue weighted by Crippen LogP contribution is -2.47. The van der Waals surface area contributed by atoms with E-state index in [1.807, 2.05) is 0 Å². The summed E-state index contributed by atoms with van der Waals surface area (Å²) in [6.45, 7) is 13.3. The van der Waals surface area contributed by atoms with Crippen LogP contribution in [0.3, 0.4) is 0 Å². The second-order valence-corrected chi connectivity index (χ2v) is 7.67. The summed E-state index contributed by atoms with van der Waals surface area (Å²) in [6, 6.07) is 9.29. The minimum absolute atomic E-state index is 0. The van der Waals surface area contributed by atoms with Crippen molar-refractivity contribution in [3.8, 4) is 0 Å². The Bertz CT molecular complexity index is 616. The Balaban J connectivity index is 0.00000280. The number of rotatable bonds is 6. The number of likely N-dealkylation sites (tertiary alicyclic amines) is 1. The molecular weight excluding hydrogens is 463 g/mol. The quantitative estimate of drug-likeness (QED) is 0.369. The molecule has 0 radical (unpaired) electrons. The van der Waals surface area contributed by atoms with Crippen molar-refractivity contribution in [3.63, 3.8) is 0 Å². The van der Waals surface area contributed by atoms with E-state index in [4.69, 9.17) is 9.73 Å². The van der Waals surface area contributed by atoms with Crippen LogP contribution >= 0.6 is 24.0 Å². The van der Waals surface area contributed by atoms with Crippen molar-refractivity contribution in [2.24, 2.45) is 4.99 Å². The number of halogens is 1. The molecule has 158 valence electrons. The fraction of sp³-hybridized carbons (Fsp3) is 0.682. The number of nitrogens with one attached hydrogen (secondary N) is 1. The first-order valence-electron chi connectivity index (χ1n) is 10.7. The Hall–Kier alpha value is -0.860. The lowest BCUT2D eigenvalue weighted by atomic mass is 9.99. The maximum Gasteiger partial charge on any atom is 0.193 e. The van der Waals surface area contributed by atoms with Crippen molar-refractivity contribution in [2.75, 3.05) is 39.3 Å². The second-order valence-electron chi connectivity index (χ2n) is 7.67. The van der Waals surface area contributed by atoms with Crippen LogP contribution in [0.2, 0.25) is 0 Å². The van der Waals surface area contributed by atoms with Gasteiger partial charge in [-0.1, -0.05) is 24.3 Å². The molecule has 1 aromatic carbocycles. The van der Waals surface area contributed by atoms with Crippen molar-refractivity contribution < 1.29 is 4.74 Å². The molecule has 1 saturated heterocycles. The standard InChI is InChI=1S/C22H36N4O.HI/c1-4-23-22(25-14-11-21(12-15-25)27-5-2)24-16-18(3)26-13-10-19-8-6-7-9-20(19)17-26;/h6-9,18,21H,4-5,10-17H2,1-3H3,(H,23,24);1H. The average molecular weight is 500 g/mol. The predicted molar refractivity (Wildman–Crippen MR) is 128 cm³/mol. The van der Waals surface area contributed by atoms with E-state index in [2.05, 4.69) is 60.2 Å². The highest BCUT2D eigenvalue weighted by Gasteiger charge is 2.23. The van der Waals surface area contributed by atoms with Gasteiger partial charge in [0.05, 0.1) is 12.6 Å². The predicted octanol–water partition coefficient (Wildman–Crippen LogP) is 3.52. The third-order valence-corrected chi connectivity index (χ3v) is 5.77. The lowest BCUT2D eigenvalue weighted by molar-refractivity contribution is 0.0263. The summed E-state index contributed by atoms with van der Waals surface area (Å²) in [4.78, 5) is 9.95. The number of guanidine groups is 1. The van der Waals surface area contributed by atoms with Gasteiger partial charge < -0.3 is 15.0 Å². The van der Waals surface area contributed by atoms with Crippen LogP contribution in [0.5, 0.6) is 0 Å². The molecule has 0 bridgehead atoms. The van der Waals surface area contributed by atoms with Gasteiger partial charge in [0, 0.05) is 45.4 Å². The molecule has 1 fully saturated rings. The third-order valence-electron chi connectivity index (χ3n) is 5.77. The minimum Gasteiger partial charge on any atom is -0.378 e. The molecule has 2 heterocycles. The number of benzene rings is 1. The molecule has 0 aliphatic carbocycles. The van der Waals surface area contributed by atoms with Crippen LogP contribution in [-0.2, 0) is 17.7 Å². The van der Waals surface area contributed by atoms with E-state index >= 15 is 0 Å². The average Bonchev–Trinajstić information content (AvgIpc) is 2.71. The number of hydrogen-bond acceptors (Lipinski definition) is 3. The summed E-state index contributed by atoms with van der Waals surface area (Å²) in [6.07, 6.45) is 3.75. The van der Waals surface area contributed by atoms with Crippen LogP contribution in [0.15, 0.2) is 29.3 Å². The zero-order chi connectivity index (χ0) is 19.1. The molecule has 2 aliphatic heterocycles. The summed E-state index contributed by atoms with van der Waals surface area (Å²) in [5.41, 5.74) is 2.99. The van der Waals surface area contributed by atoms with Crippen molar-refractivity contribution >= 4 is 29.9 Å². The van der Waals surface area contributed by atoms with Crippen LogP contribution in [0.25, 0.3) is 0 Å². The highest BCUT2D eigenvalue weighted by Crippen LogP contribution is 2.20. The summed E-state index contributed by atoms with van der Waals surface area (Å²) < 4.78 is 5.78. The molecule has 2 aliphatic rings. The van der Waals surface area contributed by atoms with Gasteiger partial charge in [0.2, 0.25) is 0 Å². The fourth-order valence-electron chi connectivity index (χ4n) is 4.12.